The lowest BCUT2D eigenvalue weighted by atomic mass is 10.2. The Labute approximate surface area is 202 Å². The Morgan fingerprint density at radius 3 is 2.60 bits per heavy atom. The third-order valence-corrected chi connectivity index (χ3v) is 5.82. The fraction of sp³-hybridized carbons (Fsp3) is 0.333. The van der Waals surface area contributed by atoms with Crippen LogP contribution in [0.15, 0.2) is 47.8 Å². The van der Waals surface area contributed by atoms with Gasteiger partial charge >= 0.3 is 0 Å². The molecule has 2 aromatic heterocycles. The first-order chi connectivity index (χ1) is 17.0. The number of aromatic nitrogens is 3. The monoisotopic (exact) mass is 478 g/mol. The number of ether oxygens (including phenoxy) is 1. The van der Waals surface area contributed by atoms with E-state index in [9.17, 15) is 9.50 Å². The summed E-state index contributed by atoms with van der Waals surface area (Å²) in [6, 6.07) is 9.11. The summed E-state index contributed by atoms with van der Waals surface area (Å²) in [6.07, 6.45) is 3.60. The van der Waals surface area contributed by atoms with Gasteiger partial charge in [0.1, 0.15) is 5.75 Å². The van der Waals surface area contributed by atoms with Gasteiger partial charge in [0.2, 0.25) is 5.95 Å². The van der Waals surface area contributed by atoms with Crippen molar-refractivity contribution in [2.75, 3.05) is 67.1 Å². The van der Waals surface area contributed by atoms with E-state index < -0.39 is 5.82 Å². The van der Waals surface area contributed by atoms with Crippen LogP contribution < -0.4 is 20.1 Å². The average Bonchev–Trinajstić information content (AvgIpc) is 3.35. The van der Waals surface area contributed by atoms with Gasteiger partial charge in [0.05, 0.1) is 49.2 Å². The lowest BCUT2D eigenvalue weighted by Gasteiger charge is -2.28. The summed E-state index contributed by atoms with van der Waals surface area (Å²) in [7, 11) is 3.84. The largest absolute Gasteiger partial charge is 0.508 e. The summed E-state index contributed by atoms with van der Waals surface area (Å²) in [5.74, 6) is 0.373. The Morgan fingerprint density at radius 1 is 1.03 bits per heavy atom. The van der Waals surface area contributed by atoms with E-state index in [0.717, 1.165) is 28.5 Å². The second kappa shape index (κ2) is 9.71. The molecule has 182 valence electrons. The molecule has 1 aromatic carbocycles. The molecule has 2 N–H and O–H groups in total. The number of hydrogen-bond donors (Lipinski definition) is 2. The van der Waals surface area contributed by atoms with E-state index in [1.54, 1.807) is 23.3 Å². The van der Waals surface area contributed by atoms with E-state index in [1.165, 1.54) is 6.20 Å². The molecule has 1 fully saturated rings. The molecule has 0 aliphatic carbocycles. The quantitative estimate of drug-likeness (QED) is 0.554. The highest BCUT2D eigenvalue weighted by Crippen LogP contribution is 2.28. The molecule has 4 heterocycles. The van der Waals surface area contributed by atoms with Crippen molar-refractivity contribution in [3.05, 3.63) is 54.2 Å². The number of morpholine rings is 1. The topological polar surface area (TPSA) is 102 Å². The summed E-state index contributed by atoms with van der Waals surface area (Å²) in [5, 5.41) is 19.6. The van der Waals surface area contributed by atoms with Gasteiger partial charge < -0.3 is 25.0 Å². The second-order valence-electron chi connectivity index (χ2n) is 8.55. The van der Waals surface area contributed by atoms with Gasteiger partial charge in [0.25, 0.3) is 0 Å². The predicted octanol–water partition coefficient (Wildman–Crippen LogP) is 2.98. The number of anilines is 5. The molecule has 0 atom stereocenters. The zero-order valence-electron chi connectivity index (χ0n) is 19.6. The van der Waals surface area contributed by atoms with Crippen LogP contribution in [0.4, 0.5) is 33.2 Å². The average molecular weight is 479 g/mol. The molecule has 10 nitrogen and oxygen atoms in total. The molecule has 0 bridgehead atoms. The van der Waals surface area contributed by atoms with Gasteiger partial charge in [0.15, 0.2) is 11.6 Å². The number of hydrazone groups is 1. The van der Waals surface area contributed by atoms with Gasteiger partial charge in [-0.2, -0.15) is 10.1 Å². The van der Waals surface area contributed by atoms with Crippen molar-refractivity contribution in [2.45, 2.75) is 6.42 Å². The highest BCUT2D eigenvalue weighted by atomic mass is 19.1. The Bertz CT molecular complexity index is 1230. The van der Waals surface area contributed by atoms with Crippen LogP contribution in [0.2, 0.25) is 0 Å². The van der Waals surface area contributed by atoms with Crippen LogP contribution in [0, 0.1) is 5.82 Å². The number of phenols is 1. The standard InChI is InChI=1S/C24H27FN8O2/c1-31(2)18-11-17(12-19(34)13-18)28-16-3-4-21(26-14-16)22-5-6-33(30-22)24-27-15-20(25)23(29-24)32-7-9-35-10-8-32/h3-4,11-15,28,34H,5-10H2,1-2H3. The molecular weight excluding hydrogens is 451 g/mol. The number of nitrogens with zero attached hydrogens (tertiary/aromatic N) is 7. The summed E-state index contributed by atoms with van der Waals surface area (Å²) in [4.78, 5) is 16.9. The van der Waals surface area contributed by atoms with E-state index in [4.69, 9.17) is 4.74 Å². The molecule has 3 aromatic rings. The molecule has 2 aliphatic heterocycles. The lowest BCUT2D eigenvalue weighted by Crippen LogP contribution is -2.37. The van der Waals surface area contributed by atoms with Crippen molar-refractivity contribution < 1.29 is 14.2 Å². The van der Waals surface area contributed by atoms with Crippen LogP contribution in [0.5, 0.6) is 5.75 Å². The van der Waals surface area contributed by atoms with Crippen molar-refractivity contribution in [2.24, 2.45) is 5.10 Å². The molecule has 35 heavy (non-hydrogen) atoms. The van der Waals surface area contributed by atoms with Crippen LogP contribution in [-0.4, -0.2) is 72.7 Å². The normalized spacial score (nSPS) is 15.8. The van der Waals surface area contributed by atoms with Gasteiger partial charge in [-0.25, -0.2) is 14.4 Å². The molecular formula is C24H27FN8O2. The van der Waals surface area contributed by atoms with Gasteiger partial charge in [-0.3, -0.25) is 4.98 Å². The van der Waals surface area contributed by atoms with Crippen LogP contribution in [0.1, 0.15) is 12.1 Å². The minimum Gasteiger partial charge on any atom is -0.508 e. The molecule has 1 saturated heterocycles. The number of rotatable bonds is 6. The third kappa shape index (κ3) is 5.09. The maximum absolute atomic E-state index is 14.4. The Morgan fingerprint density at radius 2 is 1.86 bits per heavy atom. The molecule has 0 amide bonds. The highest BCUT2D eigenvalue weighted by molar-refractivity contribution is 6.01. The first-order valence-corrected chi connectivity index (χ1v) is 11.4. The Balaban J connectivity index is 1.30. The van der Waals surface area contributed by atoms with Crippen molar-refractivity contribution >= 4 is 34.5 Å². The van der Waals surface area contributed by atoms with Crippen LogP contribution in [0.3, 0.4) is 0 Å². The third-order valence-electron chi connectivity index (χ3n) is 5.82. The summed E-state index contributed by atoms with van der Waals surface area (Å²) in [5.41, 5.74) is 3.99. The van der Waals surface area contributed by atoms with Gasteiger partial charge in [-0.1, -0.05) is 0 Å². The van der Waals surface area contributed by atoms with E-state index in [0.29, 0.717) is 45.2 Å². The fourth-order valence-corrected chi connectivity index (χ4v) is 3.98. The van der Waals surface area contributed by atoms with E-state index in [1.807, 2.05) is 42.1 Å². The molecule has 0 radical (unpaired) electrons. The fourth-order valence-electron chi connectivity index (χ4n) is 3.98. The number of benzene rings is 1. The Hall–Kier alpha value is -3.99. The molecule has 2 aliphatic rings. The first-order valence-electron chi connectivity index (χ1n) is 11.4. The molecule has 0 unspecified atom stereocenters. The number of nitrogens with one attached hydrogen (secondary N) is 1. The van der Waals surface area contributed by atoms with Crippen LogP contribution in [0.25, 0.3) is 0 Å². The maximum atomic E-state index is 14.4. The van der Waals surface area contributed by atoms with Crippen molar-refractivity contribution in [3.8, 4) is 5.75 Å². The minimum atomic E-state index is -0.451. The van der Waals surface area contributed by atoms with Gasteiger partial charge in [-0.15, -0.1) is 0 Å². The SMILES string of the molecule is CN(C)c1cc(O)cc(Nc2ccc(C3=NN(c4ncc(F)c(N5CCOCC5)n4)CC3)nc2)c1. The summed E-state index contributed by atoms with van der Waals surface area (Å²) < 4.78 is 19.7. The predicted molar refractivity (Wildman–Crippen MR) is 133 cm³/mol. The molecule has 0 spiro atoms. The van der Waals surface area contributed by atoms with E-state index in [2.05, 4.69) is 25.4 Å². The zero-order chi connectivity index (χ0) is 24.4. The van der Waals surface area contributed by atoms with E-state index in [-0.39, 0.29) is 11.6 Å². The van der Waals surface area contributed by atoms with Crippen LogP contribution in [-0.2, 0) is 4.74 Å². The van der Waals surface area contributed by atoms with Crippen LogP contribution >= 0.6 is 0 Å². The molecule has 5 rings (SSSR count). The zero-order valence-corrected chi connectivity index (χ0v) is 19.6. The van der Waals surface area contributed by atoms with Gasteiger partial charge in [-0.05, 0) is 18.2 Å². The lowest BCUT2D eigenvalue weighted by molar-refractivity contribution is 0.122. The highest BCUT2D eigenvalue weighted by Gasteiger charge is 2.23. The minimum absolute atomic E-state index is 0.184. The number of aromatic hydroxyl groups is 1. The first kappa shape index (κ1) is 22.8. The number of halogens is 1. The number of pyridine rings is 1. The smallest absolute Gasteiger partial charge is 0.248 e. The summed E-state index contributed by atoms with van der Waals surface area (Å²) >= 11 is 0. The van der Waals surface area contributed by atoms with E-state index >= 15 is 0 Å². The van der Waals surface area contributed by atoms with Crippen molar-refractivity contribution in [1.29, 1.82) is 0 Å². The Kier molecular flexibility index (Phi) is 6.32. The molecule has 0 saturated carbocycles. The van der Waals surface area contributed by atoms with Crippen molar-refractivity contribution in [1.82, 2.24) is 15.0 Å². The number of hydrogen-bond acceptors (Lipinski definition) is 10. The number of phenolic OH excluding ortho intramolecular Hbond substituents is 1. The van der Waals surface area contributed by atoms with Gasteiger partial charge in [0, 0.05) is 57.1 Å². The maximum Gasteiger partial charge on any atom is 0.248 e. The van der Waals surface area contributed by atoms with Crippen molar-refractivity contribution in [3.63, 3.8) is 0 Å². The summed E-state index contributed by atoms with van der Waals surface area (Å²) in [6.45, 7) is 2.85. The second-order valence-corrected chi connectivity index (χ2v) is 8.55. The molecule has 11 heteroatoms.